The Kier molecular flexibility index (Phi) is 6.66. The van der Waals surface area contributed by atoms with Gasteiger partial charge in [-0.1, -0.05) is 12.1 Å². The van der Waals surface area contributed by atoms with Crippen molar-refractivity contribution in [1.82, 2.24) is 24.6 Å². The highest BCUT2D eigenvalue weighted by atomic mass is 19.1. The Morgan fingerprint density at radius 3 is 2.63 bits per heavy atom. The van der Waals surface area contributed by atoms with E-state index >= 15 is 0 Å². The number of anilines is 1. The summed E-state index contributed by atoms with van der Waals surface area (Å²) in [4.78, 5) is 12.9. The Hall–Kier alpha value is -3.11. The standard InChI is InChI=1S/C25H30F2N6O2/c1-18(25(34,15-33-17-28-16-29-33)21-8-7-20(26)13-22(21)27)31-9-11-32(12-10-31)23-3-2-4-24(30-23)35-14-19-5-6-19/h2-4,7-8,13,16-19,34H,5-6,9-12,14-15H2,1H3/t18-,25-/m1/s1. The maximum Gasteiger partial charge on any atom is 0.215 e. The van der Waals surface area contributed by atoms with Crippen LogP contribution < -0.4 is 9.64 Å². The van der Waals surface area contributed by atoms with Gasteiger partial charge in [0.15, 0.2) is 0 Å². The molecule has 1 aliphatic carbocycles. The van der Waals surface area contributed by atoms with Gasteiger partial charge in [0.05, 0.1) is 13.2 Å². The predicted molar refractivity (Wildman–Crippen MR) is 126 cm³/mol. The number of nitrogens with zero attached hydrogens (tertiary/aromatic N) is 6. The van der Waals surface area contributed by atoms with Crippen LogP contribution in [-0.4, -0.2) is 68.6 Å². The topological polar surface area (TPSA) is 79.5 Å². The van der Waals surface area contributed by atoms with E-state index in [1.165, 1.54) is 42.3 Å². The summed E-state index contributed by atoms with van der Waals surface area (Å²) >= 11 is 0. The van der Waals surface area contributed by atoms with Gasteiger partial charge in [-0.05, 0) is 37.8 Å². The summed E-state index contributed by atoms with van der Waals surface area (Å²) in [5, 5.41) is 15.9. The fraction of sp³-hybridized carbons (Fsp3) is 0.480. The zero-order chi connectivity index (χ0) is 24.4. The van der Waals surface area contributed by atoms with E-state index in [9.17, 15) is 13.9 Å². The SMILES string of the molecule is C[C@@H](N1CCN(c2cccc(OCC3CC3)n2)CC1)[C@](O)(Cn1cncn1)c1ccc(F)cc1F. The first kappa shape index (κ1) is 23.6. The second kappa shape index (κ2) is 9.87. The molecule has 3 heterocycles. The third kappa shape index (κ3) is 5.28. The van der Waals surface area contributed by atoms with Crippen molar-refractivity contribution in [2.75, 3.05) is 37.7 Å². The van der Waals surface area contributed by atoms with Crippen LogP contribution in [0.2, 0.25) is 0 Å². The number of piperazine rings is 1. The fourth-order valence-corrected chi connectivity index (χ4v) is 4.63. The number of hydrogen-bond donors (Lipinski definition) is 1. The van der Waals surface area contributed by atoms with E-state index in [2.05, 4.69) is 24.9 Å². The van der Waals surface area contributed by atoms with Gasteiger partial charge >= 0.3 is 0 Å². The van der Waals surface area contributed by atoms with Crippen LogP contribution in [-0.2, 0) is 12.1 Å². The minimum absolute atomic E-state index is 0.0150. The van der Waals surface area contributed by atoms with Crippen molar-refractivity contribution >= 4 is 5.82 Å². The maximum atomic E-state index is 14.8. The van der Waals surface area contributed by atoms with Crippen LogP contribution in [0.1, 0.15) is 25.3 Å². The number of rotatable bonds is 9. The second-order valence-corrected chi connectivity index (χ2v) is 9.43. The van der Waals surface area contributed by atoms with E-state index in [1.807, 2.05) is 25.1 Å². The van der Waals surface area contributed by atoms with Gasteiger partial charge in [-0.15, -0.1) is 0 Å². The Morgan fingerprint density at radius 2 is 1.94 bits per heavy atom. The molecular weight excluding hydrogens is 454 g/mol. The first-order chi connectivity index (χ1) is 16.9. The number of aliphatic hydroxyl groups is 1. The van der Waals surface area contributed by atoms with Gasteiger partial charge in [0, 0.05) is 49.9 Å². The molecule has 1 aromatic carbocycles. The molecule has 8 nitrogen and oxygen atoms in total. The number of pyridine rings is 1. The molecule has 3 aromatic rings. The average Bonchev–Trinajstić information content (AvgIpc) is 3.56. The van der Waals surface area contributed by atoms with Crippen molar-refractivity contribution in [1.29, 1.82) is 0 Å². The third-order valence-corrected chi connectivity index (χ3v) is 7.02. The zero-order valence-electron chi connectivity index (χ0n) is 19.7. The molecule has 1 saturated carbocycles. The number of ether oxygens (including phenoxy) is 1. The van der Waals surface area contributed by atoms with E-state index in [1.54, 1.807) is 0 Å². The monoisotopic (exact) mass is 484 g/mol. The molecule has 0 amide bonds. The molecule has 2 fully saturated rings. The summed E-state index contributed by atoms with van der Waals surface area (Å²) < 4.78 is 35.8. The van der Waals surface area contributed by atoms with Gasteiger partial charge in [0.1, 0.15) is 35.7 Å². The molecular formula is C25H30F2N6O2. The minimum atomic E-state index is -1.65. The molecule has 2 aromatic heterocycles. The predicted octanol–water partition coefficient (Wildman–Crippen LogP) is 2.84. The van der Waals surface area contributed by atoms with E-state index in [-0.39, 0.29) is 12.1 Å². The quantitative estimate of drug-likeness (QED) is 0.500. The second-order valence-electron chi connectivity index (χ2n) is 9.43. The van der Waals surface area contributed by atoms with Gasteiger partial charge in [0.2, 0.25) is 5.88 Å². The molecule has 0 radical (unpaired) electrons. The minimum Gasteiger partial charge on any atom is -0.477 e. The van der Waals surface area contributed by atoms with Crippen molar-refractivity contribution < 1.29 is 18.6 Å². The van der Waals surface area contributed by atoms with Gasteiger partial charge < -0.3 is 14.7 Å². The molecule has 186 valence electrons. The summed E-state index contributed by atoms with van der Waals surface area (Å²) in [7, 11) is 0. The first-order valence-electron chi connectivity index (χ1n) is 12.0. The summed E-state index contributed by atoms with van der Waals surface area (Å²) in [6.07, 6.45) is 5.29. The molecule has 5 rings (SSSR count). The molecule has 0 unspecified atom stereocenters. The molecule has 0 spiro atoms. The number of halogens is 2. The van der Waals surface area contributed by atoms with Crippen LogP contribution >= 0.6 is 0 Å². The molecule has 1 N–H and O–H groups in total. The largest absolute Gasteiger partial charge is 0.477 e. The van der Waals surface area contributed by atoms with Gasteiger partial charge in [0.25, 0.3) is 0 Å². The van der Waals surface area contributed by atoms with Crippen molar-refractivity contribution in [2.24, 2.45) is 5.92 Å². The molecule has 35 heavy (non-hydrogen) atoms. The van der Waals surface area contributed by atoms with Gasteiger partial charge in [-0.3, -0.25) is 4.90 Å². The van der Waals surface area contributed by atoms with Crippen molar-refractivity contribution in [3.63, 3.8) is 0 Å². The number of benzene rings is 1. The molecule has 10 heteroatoms. The van der Waals surface area contributed by atoms with Crippen LogP contribution in [0.25, 0.3) is 0 Å². The number of aromatic nitrogens is 4. The Balaban J connectivity index is 1.30. The van der Waals surface area contributed by atoms with E-state index < -0.39 is 23.3 Å². The van der Waals surface area contributed by atoms with Crippen LogP contribution in [0.3, 0.4) is 0 Å². The molecule has 1 saturated heterocycles. The first-order valence-corrected chi connectivity index (χ1v) is 12.0. The summed E-state index contributed by atoms with van der Waals surface area (Å²) in [6, 6.07) is 8.60. The lowest BCUT2D eigenvalue weighted by Crippen LogP contribution is -2.57. The summed E-state index contributed by atoms with van der Waals surface area (Å²) in [6.45, 7) is 5.21. The third-order valence-electron chi connectivity index (χ3n) is 7.02. The average molecular weight is 485 g/mol. The van der Waals surface area contributed by atoms with Crippen molar-refractivity contribution in [3.8, 4) is 5.88 Å². The van der Waals surface area contributed by atoms with E-state index in [4.69, 9.17) is 4.74 Å². The van der Waals surface area contributed by atoms with E-state index in [0.29, 0.717) is 44.6 Å². The molecule has 0 bridgehead atoms. The molecule has 2 atom stereocenters. The van der Waals surface area contributed by atoms with Gasteiger partial charge in [-0.2, -0.15) is 10.1 Å². The van der Waals surface area contributed by atoms with Crippen LogP contribution in [0, 0.1) is 17.6 Å². The highest BCUT2D eigenvalue weighted by Gasteiger charge is 2.42. The van der Waals surface area contributed by atoms with E-state index in [0.717, 1.165) is 11.9 Å². The lowest BCUT2D eigenvalue weighted by atomic mass is 9.85. The van der Waals surface area contributed by atoms with Gasteiger partial charge in [-0.25, -0.2) is 18.4 Å². The van der Waals surface area contributed by atoms with Crippen LogP contribution in [0.15, 0.2) is 49.1 Å². The smallest absolute Gasteiger partial charge is 0.215 e. The summed E-state index contributed by atoms with van der Waals surface area (Å²) in [5.41, 5.74) is -1.62. The lowest BCUT2D eigenvalue weighted by Gasteiger charge is -2.45. The summed E-state index contributed by atoms with van der Waals surface area (Å²) in [5.74, 6) is 0.678. The maximum absolute atomic E-state index is 14.8. The Bertz CT molecular complexity index is 1130. The molecule has 2 aliphatic rings. The fourth-order valence-electron chi connectivity index (χ4n) is 4.63. The number of hydrogen-bond acceptors (Lipinski definition) is 7. The normalized spacial score (nSPS) is 19.4. The highest BCUT2D eigenvalue weighted by Crippen LogP contribution is 2.34. The van der Waals surface area contributed by atoms with Crippen molar-refractivity contribution in [2.45, 2.75) is 38.0 Å². The Labute approximate surface area is 203 Å². The zero-order valence-corrected chi connectivity index (χ0v) is 19.7. The Morgan fingerprint density at radius 1 is 1.14 bits per heavy atom. The van der Waals surface area contributed by atoms with Crippen LogP contribution in [0.5, 0.6) is 5.88 Å². The van der Waals surface area contributed by atoms with Crippen molar-refractivity contribution in [3.05, 3.63) is 66.3 Å². The lowest BCUT2D eigenvalue weighted by molar-refractivity contribution is -0.0650. The molecule has 1 aliphatic heterocycles. The highest BCUT2D eigenvalue weighted by molar-refractivity contribution is 5.41. The van der Waals surface area contributed by atoms with Crippen LogP contribution in [0.4, 0.5) is 14.6 Å².